The van der Waals surface area contributed by atoms with Gasteiger partial charge in [0, 0.05) is 24.4 Å². The van der Waals surface area contributed by atoms with Gasteiger partial charge in [-0.15, -0.1) is 0 Å². The van der Waals surface area contributed by atoms with Crippen LogP contribution in [0.3, 0.4) is 0 Å². The van der Waals surface area contributed by atoms with Gasteiger partial charge in [-0.05, 0) is 37.9 Å². The molecule has 0 aromatic heterocycles. The number of carbonyl (C=O) groups is 2. The average molecular weight is 428 g/mol. The van der Waals surface area contributed by atoms with E-state index < -0.39 is 5.41 Å². The number of hydrogen-bond acceptors (Lipinski definition) is 7. The first-order chi connectivity index (χ1) is 15.0. The van der Waals surface area contributed by atoms with E-state index in [1.807, 2.05) is 19.1 Å². The third-order valence-corrected chi connectivity index (χ3v) is 7.75. The van der Waals surface area contributed by atoms with Crippen LogP contribution in [0.25, 0.3) is 0 Å². The van der Waals surface area contributed by atoms with Crippen molar-refractivity contribution in [2.24, 2.45) is 11.8 Å². The molecule has 4 aliphatic heterocycles. The summed E-state index contributed by atoms with van der Waals surface area (Å²) in [5.41, 5.74) is 1.53. The maximum absolute atomic E-state index is 13.5. The van der Waals surface area contributed by atoms with Crippen molar-refractivity contribution in [3.8, 4) is 11.5 Å². The highest BCUT2D eigenvalue weighted by Crippen LogP contribution is 2.56. The zero-order chi connectivity index (χ0) is 21.9. The van der Waals surface area contributed by atoms with Crippen LogP contribution in [-0.2, 0) is 24.5 Å². The van der Waals surface area contributed by atoms with Crippen LogP contribution in [-0.4, -0.2) is 63.3 Å². The summed E-state index contributed by atoms with van der Waals surface area (Å²) in [7, 11) is 4.56. The lowest BCUT2D eigenvalue weighted by molar-refractivity contribution is -0.139. The van der Waals surface area contributed by atoms with Crippen LogP contribution in [0.2, 0.25) is 0 Å². The Kier molecular flexibility index (Phi) is 4.66. The van der Waals surface area contributed by atoms with Crippen molar-refractivity contribution in [3.63, 3.8) is 0 Å². The highest BCUT2D eigenvalue weighted by atomic mass is 16.5. The van der Waals surface area contributed by atoms with Crippen molar-refractivity contribution >= 4 is 17.6 Å². The van der Waals surface area contributed by atoms with E-state index in [-0.39, 0.29) is 35.9 Å². The second kappa shape index (κ2) is 7.15. The predicted molar refractivity (Wildman–Crippen MR) is 112 cm³/mol. The molecule has 0 saturated carbocycles. The average Bonchev–Trinajstić information content (AvgIpc) is 3.30. The van der Waals surface area contributed by atoms with Crippen molar-refractivity contribution in [1.29, 1.82) is 0 Å². The summed E-state index contributed by atoms with van der Waals surface area (Å²) in [5.74, 6) is 0.941. The molecule has 4 heterocycles. The van der Waals surface area contributed by atoms with E-state index in [0.29, 0.717) is 29.2 Å². The number of carbonyl (C=O) groups excluding carboxylic acids is 2. The zero-order valence-electron chi connectivity index (χ0n) is 18.3. The molecule has 31 heavy (non-hydrogen) atoms. The number of methoxy groups -OCH3 is 3. The number of fused-ring (bicyclic) bond motifs is 5. The van der Waals surface area contributed by atoms with Gasteiger partial charge in [0.1, 0.15) is 0 Å². The van der Waals surface area contributed by atoms with Crippen molar-refractivity contribution in [1.82, 2.24) is 4.90 Å². The Bertz CT molecular complexity index is 975. The third kappa shape index (κ3) is 2.63. The molecule has 1 N–H and O–H groups in total. The van der Waals surface area contributed by atoms with E-state index in [2.05, 4.69) is 10.2 Å². The summed E-state index contributed by atoms with van der Waals surface area (Å²) in [6, 6.07) is 3.82. The Labute approximate surface area is 181 Å². The topological polar surface area (TPSA) is 86.3 Å². The number of amides is 1. The number of hydrogen-bond donors (Lipinski definition) is 1. The van der Waals surface area contributed by atoms with Crippen LogP contribution in [0.15, 0.2) is 24.0 Å². The molecule has 1 aromatic carbocycles. The van der Waals surface area contributed by atoms with Gasteiger partial charge >= 0.3 is 5.97 Å². The standard InChI is InChI=1S/C23H28N2O6/c1-12-14-10-25-8-7-23(18(25)9-13(14)15(11-31-12)21(26)30-4)16-5-6-17(28-2)20(29-3)19(16)24-22(23)27/h5-6,11-14,18H,7-10H2,1-4H3,(H,24,27)/t12-,13-,14-,18-,23-/m0/s1. The Balaban J connectivity index is 1.57. The molecule has 5 atom stereocenters. The highest BCUT2D eigenvalue weighted by molar-refractivity contribution is 6.09. The number of rotatable bonds is 3. The highest BCUT2D eigenvalue weighted by Gasteiger charge is 2.61. The summed E-state index contributed by atoms with van der Waals surface area (Å²) in [5, 5.41) is 3.08. The SMILES string of the molecule is COC(=O)C1=CO[C@@H](C)[C@@H]2CN3CC[C@@]4(C(=O)Nc5c4ccc(OC)c5OC)[C@@H]3C[C@H]12. The maximum Gasteiger partial charge on any atom is 0.337 e. The maximum atomic E-state index is 13.5. The van der Waals surface area contributed by atoms with E-state index in [9.17, 15) is 9.59 Å². The number of nitrogens with zero attached hydrogens (tertiary/aromatic N) is 1. The molecular weight excluding hydrogens is 400 g/mol. The van der Waals surface area contributed by atoms with Gasteiger partial charge in [0.05, 0.1) is 50.4 Å². The zero-order valence-corrected chi connectivity index (χ0v) is 18.3. The first-order valence-corrected chi connectivity index (χ1v) is 10.7. The summed E-state index contributed by atoms with van der Waals surface area (Å²) in [6.45, 7) is 3.64. The van der Waals surface area contributed by atoms with Crippen LogP contribution in [0.1, 0.15) is 25.3 Å². The van der Waals surface area contributed by atoms with Crippen molar-refractivity contribution in [3.05, 3.63) is 29.5 Å². The molecule has 0 unspecified atom stereocenters. The van der Waals surface area contributed by atoms with Crippen LogP contribution < -0.4 is 14.8 Å². The molecule has 1 aromatic rings. The number of anilines is 1. The van der Waals surface area contributed by atoms with Gasteiger partial charge in [-0.1, -0.05) is 6.07 Å². The van der Waals surface area contributed by atoms with Crippen molar-refractivity contribution in [2.45, 2.75) is 37.3 Å². The fourth-order valence-corrected chi connectivity index (χ4v) is 6.20. The Morgan fingerprint density at radius 3 is 2.77 bits per heavy atom. The number of nitrogens with one attached hydrogen (secondary N) is 1. The minimum Gasteiger partial charge on any atom is -0.497 e. The molecule has 4 aliphatic rings. The van der Waals surface area contributed by atoms with Crippen molar-refractivity contribution < 1.29 is 28.5 Å². The van der Waals surface area contributed by atoms with Gasteiger partial charge in [0.2, 0.25) is 5.91 Å². The molecule has 0 bridgehead atoms. The van der Waals surface area contributed by atoms with Crippen LogP contribution in [0, 0.1) is 11.8 Å². The lowest BCUT2D eigenvalue weighted by Crippen LogP contribution is -2.56. The number of piperidine rings is 1. The van der Waals surface area contributed by atoms with Crippen LogP contribution in [0.4, 0.5) is 5.69 Å². The van der Waals surface area contributed by atoms with Gasteiger partial charge in [-0.3, -0.25) is 9.69 Å². The van der Waals surface area contributed by atoms with Crippen LogP contribution >= 0.6 is 0 Å². The normalized spacial score (nSPS) is 33.5. The third-order valence-electron chi connectivity index (χ3n) is 7.75. The smallest absolute Gasteiger partial charge is 0.337 e. The Morgan fingerprint density at radius 1 is 1.26 bits per heavy atom. The lowest BCUT2D eigenvalue weighted by atomic mass is 9.66. The lowest BCUT2D eigenvalue weighted by Gasteiger charge is -2.48. The van der Waals surface area contributed by atoms with Crippen molar-refractivity contribution in [2.75, 3.05) is 39.7 Å². The van der Waals surface area contributed by atoms with Crippen LogP contribution in [0.5, 0.6) is 11.5 Å². The largest absolute Gasteiger partial charge is 0.497 e. The summed E-state index contributed by atoms with van der Waals surface area (Å²) >= 11 is 0. The Morgan fingerprint density at radius 2 is 2.06 bits per heavy atom. The van der Waals surface area contributed by atoms with Gasteiger partial charge in [0.25, 0.3) is 0 Å². The monoisotopic (exact) mass is 428 g/mol. The summed E-state index contributed by atoms with van der Waals surface area (Å²) < 4.78 is 21.8. The molecular formula is C23H28N2O6. The first kappa shape index (κ1) is 20.2. The fraction of sp³-hybridized carbons (Fsp3) is 0.565. The second-order valence-corrected chi connectivity index (χ2v) is 8.82. The second-order valence-electron chi connectivity index (χ2n) is 8.82. The Hall–Kier alpha value is -2.74. The van der Waals surface area contributed by atoms with E-state index >= 15 is 0 Å². The van der Waals surface area contributed by atoms with Gasteiger partial charge in [0.15, 0.2) is 11.5 Å². The summed E-state index contributed by atoms with van der Waals surface area (Å²) in [4.78, 5) is 28.4. The molecule has 8 nitrogen and oxygen atoms in total. The molecule has 0 radical (unpaired) electrons. The summed E-state index contributed by atoms with van der Waals surface area (Å²) in [6.07, 6.45) is 2.98. The van der Waals surface area contributed by atoms with E-state index in [1.165, 1.54) is 7.11 Å². The van der Waals surface area contributed by atoms with E-state index in [4.69, 9.17) is 18.9 Å². The number of ether oxygens (including phenoxy) is 4. The molecule has 166 valence electrons. The van der Waals surface area contributed by atoms with E-state index in [1.54, 1.807) is 20.5 Å². The molecule has 2 fully saturated rings. The molecule has 0 aliphatic carbocycles. The predicted octanol–water partition coefficient (Wildman–Crippen LogP) is 2.08. The molecule has 5 rings (SSSR count). The number of benzene rings is 1. The first-order valence-electron chi connectivity index (χ1n) is 10.7. The molecule has 1 amide bonds. The molecule has 8 heteroatoms. The van der Waals surface area contributed by atoms with Gasteiger partial charge < -0.3 is 24.3 Å². The minimum atomic E-state index is -0.678. The van der Waals surface area contributed by atoms with E-state index in [0.717, 1.165) is 25.1 Å². The van der Waals surface area contributed by atoms with Gasteiger partial charge in [-0.2, -0.15) is 0 Å². The number of esters is 1. The minimum absolute atomic E-state index is 0.00459. The van der Waals surface area contributed by atoms with Gasteiger partial charge in [-0.25, -0.2) is 4.79 Å². The molecule has 1 spiro atoms. The quantitative estimate of drug-likeness (QED) is 0.738. The fourth-order valence-electron chi connectivity index (χ4n) is 6.20. The molecule has 2 saturated heterocycles.